The standard InChI is InChI=1S/C41H42N2O4/c1-9-34-11-3-32-7-15-36-13-5-30(1)25-38(34)42-17-18-43(29-42)39-26-31-2-10-35(39)12-4-33-8-16-37(14-6-31)41(28-33)47-24-22-45-20-19-44-21-23-46-40(36)27-32/h1-2,7-10,15-18,25-28H,3-6,11-14,19-24H2. The SMILES string of the molecule is [C]1N2C=CN1c1cc3ccc1CCc1ccc(c(c1)OCCOCCOCCOc1cc4ccc1CCc1ccc(c2c1)CC4)CC3. The Morgan fingerprint density at radius 1 is 0.404 bits per heavy atom. The van der Waals surface area contributed by atoms with Crippen LogP contribution in [0.4, 0.5) is 11.4 Å². The van der Waals surface area contributed by atoms with Crippen molar-refractivity contribution < 1.29 is 18.9 Å². The summed E-state index contributed by atoms with van der Waals surface area (Å²) in [6.45, 7) is 6.88. The van der Waals surface area contributed by atoms with Crippen molar-refractivity contribution in [2.75, 3.05) is 49.4 Å². The molecule has 0 atom stereocenters. The topological polar surface area (TPSA) is 43.4 Å². The highest BCUT2D eigenvalue weighted by molar-refractivity contribution is 5.68. The third-order valence-corrected chi connectivity index (χ3v) is 9.74. The normalized spacial score (nSPS) is 18.2. The molecule has 0 unspecified atom stereocenters. The van der Waals surface area contributed by atoms with E-state index < -0.39 is 0 Å². The molecule has 8 aliphatic carbocycles. The van der Waals surface area contributed by atoms with E-state index in [-0.39, 0.29) is 0 Å². The molecule has 15 rings (SSSR count). The fourth-order valence-corrected chi connectivity index (χ4v) is 7.04. The van der Waals surface area contributed by atoms with Gasteiger partial charge in [0.1, 0.15) is 24.7 Å². The van der Waals surface area contributed by atoms with Crippen LogP contribution < -0.4 is 19.3 Å². The lowest BCUT2D eigenvalue weighted by molar-refractivity contribution is 0.0272. The Morgan fingerprint density at radius 3 is 1.26 bits per heavy atom. The molecule has 6 nitrogen and oxygen atoms in total. The predicted molar refractivity (Wildman–Crippen MR) is 185 cm³/mol. The van der Waals surface area contributed by atoms with Crippen molar-refractivity contribution in [3.8, 4) is 11.5 Å². The number of benzene rings is 4. The molecule has 47 heavy (non-hydrogen) atoms. The zero-order valence-corrected chi connectivity index (χ0v) is 27.0. The average molecular weight is 627 g/mol. The van der Waals surface area contributed by atoms with Gasteiger partial charge >= 0.3 is 0 Å². The number of hydrogen-bond donors (Lipinski definition) is 0. The first-order valence-electron chi connectivity index (χ1n) is 17.2. The summed E-state index contributed by atoms with van der Waals surface area (Å²) in [5.74, 6) is 1.96. The summed E-state index contributed by atoms with van der Waals surface area (Å²) >= 11 is 0. The van der Waals surface area contributed by atoms with Gasteiger partial charge in [-0.25, -0.2) is 0 Å². The molecule has 0 saturated heterocycles. The lowest BCUT2D eigenvalue weighted by atomic mass is 9.94. The molecule has 6 heteroatoms. The van der Waals surface area contributed by atoms with Crippen LogP contribution in [0.25, 0.3) is 0 Å². The van der Waals surface area contributed by atoms with E-state index in [4.69, 9.17) is 18.9 Å². The molecule has 0 aromatic heterocycles. The van der Waals surface area contributed by atoms with Crippen molar-refractivity contribution in [1.82, 2.24) is 0 Å². The molecule has 4 aromatic rings. The minimum Gasteiger partial charge on any atom is -0.491 e. The smallest absolute Gasteiger partial charge is 0.217 e. The molecule has 4 aromatic carbocycles. The van der Waals surface area contributed by atoms with Crippen LogP contribution in [0.2, 0.25) is 0 Å². The Labute approximate surface area is 278 Å². The van der Waals surface area contributed by atoms with E-state index in [0.29, 0.717) is 39.6 Å². The first-order valence-corrected chi connectivity index (χ1v) is 17.2. The third-order valence-electron chi connectivity index (χ3n) is 9.74. The number of anilines is 2. The lowest BCUT2D eigenvalue weighted by Gasteiger charge is -2.25. The van der Waals surface area contributed by atoms with Gasteiger partial charge in [-0.15, -0.1) is 0 Å². The van der Waals surface area contributed by atoms with E-state index >= 15 is 0 Å². The van der Waals surface area contributed by atoms with Crippen LogP contribution >= 0.6 is 0 Å². The molecule has 0 spiro atoms. The largest absolute Gasteiger partial charge is 0.491 e. The summed E-state index contributed by atoms with van der Waals surface area (Å²) < 4.78 is 24.3. The molecule has 14 bridgehead atoms. The Kier molecular flexibility index (Phi) is 8.87. The van der Waals surface area contributed by atoms with E-state index in [1.807, 2.05) is 0 Å². The molecule has 0 N–H and O–H groups in total. The zero-order valence-electron chi connectivity index (χ0n) is 27.0. The second-order valence-corrected chi connectivity index (χ2v) is 12.9. The third kappa shape index (κ3) is 6.90. The first kappa shape index (κ1) is 30.1. The number of nitrogens with zero attached hydrogens (tertiary/aromatic N) is 2. The Hall–Kier alpha value is -4.26. The number of hydrogen-bond acceptors (Lipinski definition) is 6. The molecule has 3 aliphatic heterocycles. The Balaban J connectivity index is 1.10. The number of ether oxygens (including phenoxy) is 4. The van der Waals surface area contributed by atoms with E-state index in [1.54, 1.807) is 0 Å². The predicted octanol–water partition coefficient (Wildman–Crippen LogP) is 7.05. The van der Waals surface area contributed by atoms with Gasteiger partial charge in [0.05, 0.1) is 26.4 Å². The highest BCUT2D eigenvalue weighted by Crippen LogP contribution is 2.36. The fourth-order valence-electron chi connectivity index (χ4n) is 7.04. The quantitative estimate of drug-likeness (QED) is 0.195. The molecule has 2 radical (unpaired) electrons. The minimum atomic E-state index is 0.518. The molecule has 11 aliphatic rings. The summed E-state index contributed by atoms with van der Waals surface area (Å²) in [7, 11) is 0. The molecule has 240 valence electrons. The highest BCUT2D eigenvalue weighted by atomic mass is 16.6. The van der Waals surface area contributed by atoms with Crippen LogP contribution in [0.5, 0.6) is 11.5 Å². The van der Waals surface area contributed by atoms with Crippen molar-refractivity contribution in [3.63, 3.8) is 0 Å². The summed E-state index contributed by atoms with van der Waals surface area (Å²) in [5, 5.41) is 0. The van der Waals surface area contributed by atoms with Crippen molar-refractivity contribution in [2.45, 2.75) is 51.4 Å². The maximum absolute atomic E-state index is 6.29. The molecule has 0 amide bonds. The Morgan fingerprint density at radius 2 is 0.787 bits per heavy atom. The fraction of sp³-hybridized carbons (Fsp3) is 0.341. The van der Waals surface area contributed by atoms with Gasteiger partial charge in [-0.2, -0.15) is 0 Å². The molecular formula is C41H42N2O4. The van der Waals surface area contributed by atoms with Gasteiger partial charge in [0.25, 0.3) is 0 Å². The van der Waals surface area contributed by atoms with Gasteiger partial charge in [-0.05, 0) is 120 Å². The van der Waals surface area contributed by atoms with E-state index in [9.17, 15) is 0 Å². The maximum Gasteiger partial charge on any atom is 0.217 e. The summed E-state index contributed by atoms with van der Waals surface area (Å²) in [6.07, 6.45) is 11.8. The molecule has 3 heterocycles. The Bertz CT molecular complexity index is 1640. The zero-order chi connectivity index (χ0) is 31.4. The van der Waals surface area contributed by atoms with E-state index in [2.05, 4.69) is 102 Å². The van der Waals surface area contributed by atoms with E-state index in [0.717, 1.165) is 62.9 Å². The number of aryl methyl sites for hydroxylation is 8. The van der Waals surface area contributed by atoms with Crippen LogP contribution in [-0.4, -0.2) is 39.6 Å². The van der Waals surface area contributed by atoms with Crippen molar-refractivity contribution in [2.24, 2.45) is 0 Å². The van der Waals surface area contributed by atoms with Gasteiger partial charge in [-0.1, -0.05) is 48.5 Å². The van der Waals surface area contributed by atoms with Crippen LogP contribution in [0, 0.1) is 6.67 Å². The van der Waals surface area contributed by atoms with Crippen LogP contribution in [0.3, 0.4) is 0 Å². The van der Waals surface area contributed by atoms with Gasteiger partial charge < -0.3 is 28.7 Å². The summed E-state index contributed by atoms with van der Waals surface area (Å²) in [5.41, 5.74) is 12.8. The van der Waals surface area contributed by atoms with Crippen molar-refractivity contribution in [3.05, 3.63) is 136 Å². The number of fused-ring (bicyclic) bond motifs is 9. The van der Waals surface area contributed by atoms with Gasteiger partial charge in [0.2, 0.25) is 6.67 Å². The average Bonchev–Trinajstić information content (AvgIpc) is 3.58. The van der Waals surface area contributed by atoms with Crippen molar-refractivity contribution >= 4 is 11.4 Å². The van der Waals surface area contributed by atoms with Crippen LogP contribution in [-0.2, 0) is 60.8 Å². The first-order chi connectivity index (χ1) is 23.2. The molecular weight excluding hydrogens is 584 g/mol. The van der Waals surface area contributed by atoms with E-state index in [1.165, 1.54) is 55.9 Å². The van der Waals surface area contributed by atoms with Crippen LogP contribution in [0.1, 0.15) is 44.5 Å². The van der Waals surface area contributed by atoms with Gasteiger partial charge in [-0.3, -0.25) is 0 Å². The minimum absolute atomic E-state index is 0.518. The summed E-state index contributed by atoms with van der Waals surface area (Å²) in [6, 6.07) is 27.4. The summed E-state index contributed by atoms with van der Waals surface area (Å²) in [4.78, 5) is 4.39. The number of rotatable bonds is 0. The second-order valence-electron chi connectivity index (χ2n) is 12.9. The van der Waals surface area contributed by atoms with Gasteiger partial charge in [0, 0.05) is 23.8 Å². The van der Waals surface area contributed by atoms with Crippen molar-refractivity contribution in [1.29, 1.82) is 0 Å². The molecule has 0 fully saturated rings. The monoisotopic (exact) mass is 626 g/mol. The molecule has 0 saturated carbocycles. The lowest BCUT2D eigenvalue weighted by Crippen LogP contribution is -2.21. The highest BCUT2D eigenvalue weighted by Gasteiger charge is 2.24. The second kappa shape index (κ2) is 13.8. The maximum atomic E-state index is 6.29. The van der Waals surface area contributed by atoms with Gasteiger partial charge in [0.15, 0.2) is 0 Å². The van der Waals surface area contributed by atoms with Crippen LogP contribution in [0.15, 0.2) is 85.2 Å².